The number of amides is 2. The zero-order valence-corrected chi connectivity index (χ0v) is 17.0. The molecule has 1 aliphatic heterocycles. The third-order valence-corrected chi connectivity index (χ3v) is 5.86. The molecule has 6 nitrogen and oxygen atoms in total. The molecule has 1 heterocycles. The third-order valence-electron chi connectivity index (χ3n) is 5.86. The maximum absolute atomic E-state index is 12.8. The Morgan fingerprint density at radius 1 is 1.03 bits per heavy atom. The second kappa shape index (κ2) is 9.03. The zero-order valence-electron chi connectivity index (χ0n) is 17.0. The van der Waals surface area contributed by atoms with Crippen LogP contribution in [-0.2, 0) is 9.59 Å². The number of ether oxygens (including phenoxy) is 1. The van der Waals surface area contributed by atoms with Gasteiger partial charge in [0.15, 0.2) is 0 Å². The minimum atomic E-state index is 0.141. The average Bonchev–Trinajstić information content (AvgIpc) is 3.60. The second-order valence-electron chi connectivity index (χ2n) is 7.81. The Kier molecular flexibility index (Phi) is 6.02. The van der Waals surface area contributed by atoms with Crippen molar-refractivity contribution in [3.8, 4) is 5.75 Å². The summed E-state index contributed by atoms with van der Waals surface area (Å²) in [6.45, 7) is 7.55. The molecule has 1 saturated heterocycles. The summed E-state index contributed by atoms with van der Waals surface area (Å²) in [6.07, 6.45) is 1.61. The van der Waals surface area contributed by atoms with Crippen molar-refractivity contribution in [2.45, 2.75) is 12.3 Å². The number of benzene rings is 2. The Balaban J connectivity index is 1.21. The molecule has 0 aromatic heterocycles. The molecule has 0 radical (unpaired) electrons. The first kappa shape index (κ1) is 20.0. The Hall–Kier alpha value is -3.28. The van der Waals surface area contributed by atoms with Gasteiger partial charge in [-0.3, -0.25) is 9.59 Å². The lowest BCUT2D eigenvalue weighted by Crippen LogP contribution is -2.49. The first-order valence-corrected chi connectivity index (χ1v) is 10.3. The van der Waals surface area contributed by atoms with Gasteiger partial charge in [-0.15, -0.1) is 0 Å². The van der Waals surface area contributed by atoms with Crippen LogP contribution < -0.4 is 10.1 Å². The van der Waals surface area contributed by atoms with E-state index >= 15 is 0 Å². The SMILES string of the molecule is C=C(COc1ccc(NC=O)cc1)N1CCN(C(=O)[C@@H]2C[C@H]2c2ccccc2)CC1. The molecule has 2 aromatic carbocycles. The molecule has 1 N–H and O–H groups in total. The van der Waals surface area contributed by atoms with Crippen LogP contribution in [0.25, 0.3) is 0 Å². The van der Waals surface area contributed by atoms with Crippen molar-refractivity contribution >= 4 is 18.0 Å². The Morgan fingerprint density at radius 2 is 1.70 bits per heavy atom. The highest BCUT2D eigenvalue weighted by molar-refractivity contribution is 5.83. The monoisotopic (exact) mass is 405 g/mol. The Labute approximate surface area is 177 Å². The van der Waals surface area contributed by atoms with Crippen LogP contribution in [0.15, 0.2) is 66.9 Å². The molecule has 2 aromatic rings. The van der Waals surface area contributed by atoms with Crippen molar-refractivity contribution in [2.24, 2.45) is 5.92 Å². The molecule has 30 heavy (non-hydrogen) atoms. The van der Waals surface area contributed by atoms with E-state index in [1.165, 1.54) is 5.56 Å². The number of carbonyl (C=O) groups excluding carboxylic acids is 2. The fourth-order valence-electron chi connectivity index (χ4n) is 3.99. The number of nitrogens with one attached hydrogen (secondary N) is 1. The van der Waals surface area contributed by atoms with Gasteiger partial charge in [-0.2, -0.15) is 0 Å². The molecule has 0 unspecified atom stereocenters. The summed E-state index contributed by atoms with van der Waals surface area (Å²) >= 11 is 0. The van der Waals surface area contributed by atoms with Crippen molar-refractivity contribution in [1.29, 1.82) is 0 Å². The number of anilines is 1. The van der Waals surface area contributed by atoms with Gasteiger partial charge in [0, 0.05) is 43.5 Å². The number of hydrogen-bond donors (Lipinski definition) is 1. The molecule has 0 spiro atoms. The summed E-state index contributed by atoms with van der Waals surface area (Å²) in [4.78, 5) is 27.5. The van der Waals surface area contributed by atoms with E-state index in [4.69, 9.17) is 4.74 Å². The minimum absolute atomic E-state index is 0.141. The summed E-state index contributed by atoms with van der Waals surface area (Å²) in [5.41, 5.74) is 2.91. The van der Waals surface area contributed by atoms with E-state index in [0.717, 1.165) is 49.7 Å². The highest BCUT2D eigenvalue weighted by Gasteiger charge is 2.46. The van der Waals surface area contributed by atoms with Crippen LogP contribution in [0.1, 0.15) is 17.9 Å². The fraction of sp³-hybridized carbons (Fsp3) is 0.333. The molecule has 2 amide bonds. The van der Waals surface area contributed by atoms with Crippen molar-refractivity contribution in [3.05, 3.63) is 72.4 Å². The van der Waals surface area contributed by atoms with Crippen LogP contribution >= 0.6 is 0 Å². The molecule has 1 saturated carbocycles. The largest absolute Gasteiger partial charge is 0.487 e. The lowest BCUT2D eigenvalue weighted by Gasteiger charge is -2.37. The molecule has 4 rings (SSSR count). The number of piperazine rings is 1. The van der Waals surface area contributed by atoms with Gasteiger partial charge in [-0.05, 0) is 42.2 Å². The number of nitrogens with zero attached hydrogens (tertiary/aromatic N) is 2. The van der Waals surface area contributed by atoms with Crippen molar-refractivity contribution in [3.63, 3.8) is 0 Å². The lowest BCUT2D eigenvalue weighted by molar-refractivity contribution is -0.134. The van der Waals surface area contributed by atoms with E-state index < -0.39 is 0 Å². The normalized spacial score (nSPS) is 20.4. The maximum Gasteiger partial charge on any atom is 0.226 e. The van der Waals surface area contributed by atoms with Gasteiger partial charge in [-0.25, -0.2) is 0 Å². The standard InChI is InChI=1S/C24H27N3O3/c1-18(16-30-21-9-7-20(8-10-21)25-17-28)26-11-13-27(14-12-26)24(29)23-15-22(23)19-5-3-2-4-6-19/h2-10,17,22-23H,1,11-16H2,(H,25,28)/t22-,23+/m0/s1. The van der Waals surface area contributed by atoms with Crippen molar-refractivity contribution in [1.82, 2.24) is 9.80 Å². The minimum Gasteiger partial charge on any atom is -0.487 e. The quantitative estimate of drug-likeness (QED) is 0.686. The third kappa shape index (κ3) is 4.64. The van der Waals surface area contributed by atoms with Crippen molar-refractivity contribution in [2.75, 3.05) is 38.1 Å². The van der Waals surface area contributed by atoms with Gasteiger partial charge in [0.25, 0.3) is 0 Å². The molecule has 6 heteroatoms. The molecule has 156 valence electrons. The Bertz CT molecular complexity index is 890. The van der Waals surface area contributed by atoms with E-state index in [2.05, 4.69) is 28.9 Å². The molecular weight excluding hydrogens is 378 g/mol. The van der Waals surface area contributed by atoms with Crippen LogP contribution in [0.3, 0.4) is 0 Å². The zero-order chi connectivity index (χ0) is 20.9. The second-order valence-corrected chi connectivity index (χ2v) is 7.81. The summed E-state index contributed by atoms with van der Waals surface area (Å²) in [6, 6.07) is 17.5. The molecule has 2 atom stereocenters. The molecule has 1 aliphatic carbocycles. The van der Waals surface area contributed by atoms with Gasteiger partial charge in [0.1, 0.15) is 12.4 Å². The predicted octanol–water partition coefficient (Wildman–Crippen LogP) is 3.10. The Morgan fingerprint density at radius 3 is 2.37 bits per heavy atom. The van der Waals surface area contributed by atoms with Crippen LogP contribution in [0.2, 0.25) is 0 Å². The number of carbonyl (C=O) groups is 2. The van der Waals surface area contributed by atoms with E-state index in [0.29, 0.717) is 18.9 Å². The van der Waals surface area contributed by atoms with Crippen LogP contribution in [0, 0.1) is 5.92 Å². The van der Waals surface area contributed by atoms with Gasteiger partial charge in [0.2, 0.25) is 12.3 Å². The molecule has 2 aliphatic rings. The van der Waals surface area contributed by atoms with E-state index in [9.17, 15) is 9.59 Å². The topological polar surface area (TPSA) is 61.9 Å². The van der Waals surface area contributed by atoms with Crippen LogP contribution in [-0.4, -0.2) is 54.9 Å². The van der Waals surface area contributed by atoms with Gasteiger partial charge < -0.3 is 19.9 Å². The van der Waals surface area contributed by atoms with Crippen LogP contribution in [0.4, 0.5) is 5.69 Å². The summed E-state index contributed by atoms with van der Waals surface area (Å²) in [7, 11) is 0. The van der Waals surface area contributed by atoms with Crippen molar-refractivity contribution < 1.29 is 14.3 Å². The first-order chi connectivity index (χ1) is 14.7. The highest BCUT2D eigenvalue weighted by atomic mass is 16.5. The van der Waals surface area contributed by atoms with E-state index in [-0.39, 0.29) is 11.8 Å². The van der Waals surface area contributed by atoms with E-state index in [1.807, 2.05) is 35.2 Å². The maximum atomic E-state index is 12.8. The van der Waals surface area contributed by atoms with Gasteiger partial charge in [-0.1, -0.05) is 36.9 Å². The number of rotatable bonds is 8. The highest BCUT2D eigenvalue weighted by Crippen LogP contribution is 2.48. The van der Waals surface area contributed by atoms with Gasteiger partial charge >= 0.3 is 0 Å². The predicted molar refractivity (Wildman–Crippen MR) is 116 cm³/mol. The van der Waals surface area contributed by atoms with Gasteiger partial charge in [0.05, 0.1) is 0 Å². The average molecular weight is 405 g/mol. The molecular formula is C24H27N3O3. The summed E-state index contributed by atoms with van der Waals surface area (Å²) in [5.74, 6) is 1.53. The van der Waals surface area contributed by atoms with Crippen LogP contribution in [0.5, 0.6) is 5.75 Å². The fourth-order valence-corrected chi connectivity index (χ4v) is 3.99. The molecule has 0 bridgehead atoms. The molecule has 2 fully saturated rings. The number of hydrogen-bond acceptors (Lipinski definition) is 4. The first-order valence-electron chi connectivity index (χ1n) is 10.3. The smallest absolute Gasteiger partial charge is 0.226 e. The summed E-state index contributed by atoms with van der Waals surface area (Å²) < 4.78 is 5.80. The van der Waals surface area contributed by atoms with E-state index in [1.54, 1.807) is 12.1 Å². The lowest BCUT2D eigenvalue weighted by atomic mass is 10.1. The summed E-state index contributed by atoms with van der Waals surface area (Å²) in [5, 5.41) is 2.59.